The van der Waals surface area contributed by atoms with Gasteiger partial charge >= 0.3 is 0 Å². The molecule has 1 rings (SSSR count). The average molecular weight is 170 g/mol. The second-order valence-electron chi connectivity index (χ2n) is 3.84. The summed E-state index contributed by atoms with van der Waals surface area (Å²) in [5, 5.41) is 0. The number of hydrogen-bond acceptors (Lipinski definition) is 2. The van der Waals surface area contributed by atoms with Crippen molar-refractivity contribution in [2.75, 3.05) is 21.1 Å². The van der Waals surface area contributed by atoms with E-state index in [1.807, 2.05) is 21.1 Å². The fourth-order valence-corrected chi connectivity index (χ4v) is 1.71. The number of amides is 1. The minimum Gasteiger partial charge on any atom is -0.347 e. The van der Waals surface area contributed by atoms with E-state index < -0.39 is 0 Å². The fraction of sp³-hybridized carbons (Fsp3) is 0.889. The van der Waals surface area contributed by atoms with Crippen molar-refractivity contribution >= 4 is 5.91 Å². The van der Waals surface area contributed by atoms with Gasteiger partial charge in [-0.15, -0.1) is 0 Å². The second kappa shape index (κ2) is 3.44. The first-order chi connectivity index (χ1) is 5.54. The van der Waals surface area contributed by atoms with Crippen molar-refractivity contribution in [3.05, 3.63) is 0 Å². The summed E-state index contributed by atoms with van der Waals surface area (Å²) >= 11 is 0. The molecule has 70 valence electrons. The van der Waals surface area contributed by atoms with Crippen LogP contribution in [0.15, 0.2) is 0 Å². The highest BCUT2D eigenvalue weighted by Gasteiger charge is 2.33. The number of carbonyl (C=O) groups is 1. The number of rotatable bonds is 1. The van der Waals surface area contributed by atoms with E-state index in [1.165, 1.54) is 0 Å². The Balaban J connectivity index is 2.59. The minimum absolute atomic E-state index is 0.120. The normalized spacial score (nSPS) is 30.7. The molecule has 1 aliphatic heterocycles. The lowest BCUT2D eigenvalue weighted by Gasteiger charge is -2.24. The molecule has 1 amide bonds. The third-order valence-electron chi connectivity index (χ3n) is 2.77. The topological polar surface area (TPSA) is 23.6 Å². The molecule has 12 heavy (non-hydrogen) atoms. The molecule has 0 radical (unpaired) electrons. The Labute approximate surface area is 74.3 Å². The first-order valence-electron chi connectivity index (χ1n) is 4.47. The van der Waals surface area contributed by atoms with Crippen LogP contribution in [-0.4, -0.2) is 48.9 Å². The number of carbonyl (C=O) groups excluding carboxylic acids is 1. The van der Waals surface area contributed by atoms with Crippen molar-refractivity contribution in [1.82, 2.24) is 9.80 Å². The van der Waals surface area contributed by atoms with Crippen LogP contribution in [0.25, 0.3) is 0 Å². The van der Waals surface area contributed by atoms with Crippen LogP contribution in [0.2, 0.25) is 0 Å². The predicted octanol–water partition coefficient (Wildman–Crippen LogP) is 0.557. The van der Waals surface area contributed by atoms with Gasteiger partial charge in [-0.3, -0.25) is 9.69 Å². The van der Waals surface area contributed by atoms with E-state index in [9.17, 15) is 4.79 Å². The Kier molecular flexibility index (Phi) is 2.73. The van der Waals surface area contributed by atoms with E-state index in [0.29, 0.717) is 6.04 Å². The summed E-state index contributed by atoms with van der Waals surface area (Å²) in [6.07, 6.45) is 2.15. The Morgan fingerprint density at radius 3 is 2.33 bits per heavy atom. The number of hydrogen-bond donors (Lipinski definition) is 0. The van der Waals surface area contributed by atoms with Gasteiger partial charge in [0.15, 0.2) is 0 Å². The van der Waals surface area contributed by atoms with E-state index in [0.717, 1.165) is 12.8 Å². The first-order valence-corrected chi connectivity index (χ1v) is 4.47. The van der Waals surface area contributed by atoms with Crippen LogP contribution >= 0.6 is 0 Å². The van der Waals surface area contributed by atoms with Crippen LogP contribution in [0.4, 0.5) is 0 Å². The van der Waals surface area contributed by atoms with Gasteiger partial charge in [0, 0.05) is 20.1 Å². The highest BCUT2D eigenvalue weighted by molar-refractivity contribution is 5.81. The van der Waals surface area contributed by atoms with E-state index in [2.05, 4.69) is 11.8 Å². The fourth-order valence-electron chi connectivity index (χ4n) is 1.71. The SMILES string of the molecule is CC1CCC(C(=O)N(C)C)N1C. The number of likely N-dealkylation sites (tertiary alicyclic amines) is 1. The largest absolute Gasteiger partial charge is 0.347 e. The predicted molar refractivity (Wildman–Crippen MR) is 48.9 cm³/mol. The Morgan fingerprint density at radius 1 is 1.42 bits per heavy atom. The lowest BCUT2D eigenvalue weighted by molar-refractivity contribution is -0.133. The molecule has 1 aliphatic rings. The lowest BCUT2D eigenvalue weighted by atomic mass is 10.2. The second-order valence-corrected chi connectivity index (χ2v) is 3.84. The van der Waals surface area contributed by atoms with Gasteiger partial charge in [-0.25, -0.2) is 0 Å². The van der Waals surface area contributed by atoms with E-state index in [1.54, 1.807) is 4.90 Å². The summed E-state index contributed by atoms with van der Waals surface area (Å²) in [7, 11) is 5.67. The lowest BCUT2D eigenvalue weighted by Crippen LogP contribution is -2.42. The number of likely N-dealkylation sites (N-methyl/N-ethyl adjacent to an activating group) is 2. The third kappa shape index (κ3) is 1.61. The summed E-state index contributed by atoms with van der Waals surface area (Å²) in [5.74, 6) is 0.238. The molecule has 1 fully saturated rings. The van der Waals surface area contributed by atoms with Crippen LogP contribution in [0.5, 0.6) is 0 Å². The van der Waals surface area contributed by atoms with Crippen molar-refractivity contribution in [2.45, 2.75) is 31.8 Å². The van der Waals surface area contributed by atoms with Crippen molar-refractivity contribution in [3.63, 3.8) is 0 Å². The molecule has 0 saturated carbocycles. The molecule has 3 heteroatoms. The highest BCUT2D eigenvalue weighted by atomic mass is 16.2. The zero-order chi connectivity index (χ0) is 9.30. The molecule has 1 heterocycles. The molecule has 0 aromatic heterocycles. The van der Waals surface area contributed by atoms with Gasteiger partial charge in [0.2, 0.25) is 5.91 Å². The molecule has 0 aromatic rings. The average Bonchev–Trinajstić information content (AvgIpc) is 2.32. The summed E-state index contributed by atoms with van der Waals surface area (Å²) in [5.41, 5.74) is 0. The van der Waals surface area contributed by atoms with Crippen molar-refractivity contribution in [1.29, 1.82) is 0 Å². The molecule has 0 spiro atoms. The molecular formula is C9H18N2O. The van der Waals surface area contributed by atoms with E-state index in [-0.39, 0.29) is 11.9 Å². The van der Waals surface area contributed by atoms with Crippen molar-refractivity contribution in [3.8, 4) is 0 Å². The number of nitrogens with zero attached hydrogens (tertiary/aromatic N) is 2. The molecule has 1 saturated heterocycles. The monoisotopic (exact) mass is 170 g/mol. The molecule has 2 atom stereocenters. The molecule has 2 unspecified atom stereocenters. The maximum absolute atomic E-state index is 11.6. The summed E-state index contributed by atoms with van der Waals surface area (Å²) in [6, 6.07) is 0.675. The van der Waals surface area contributed by atoms with Gasteiger partial charge in [-0.05, 0) is 26.8 Å². The van der Waals surface area contributed by atoms with Crippen molar-refractivity contribution < 1.29 is 4.79 Å². The van der Waals surface area contributed by atoms with Gasteiger partial charge in [-0.1, -0.05) is 0 Å². The Bertz CT molecular complexity index is 179. The molecule has 3 nitrogen and oxygen atoms in total. The summed E-state index contributed by atoms with van der Waals surface area (Å²) in [6.45, 7) is 2.17. The standard InChI is InChI=1S/C9H18N2O/c1-7-5-6-8(11(7)4)9(12)10(2)3/h7-8H,5-6H2,1-4H3. The highest BCUT2D eigenvalue weighted by Crippen LogP contribution is 2.22. The zero-order valence-electron chi connectivity index (χ0n) is 8.37. The van der Waals surface area contributed by atoms with Gasteiger partial charge in [0.1, 0.15) is 0 Å². The Morgan fingerprint density at radius 2 is 2.00 bits per heavy atom. The van der Waals surface area contributed by atoms with Crippen LogP contribution in [0, 0.1) is 0 Å². The van der Waals surface area contributed by atoms with Crippen LogP contribution < -0.4 is 0 Å². The van der Waals surface area contributed by atoms with Crippen molar-refractivity contribution in [2.24, 2.45) is 0 Å². The van der Waals surface area contributed by atoms with Gasteiger partial charge < -0.3 is 4.90 Å². The summed E-state index contributed by atoms with van der Waals surface area (Å²) in [4.78, 5) is 15.4. The Hall–Kier alpha value is -0.570. The van der Waals surface area contributed by atoms with E-state index in [4.69, 9.17) is 0 Å². The van der Waals surface area contributed by atoms with Gasteiger partial charge in [0.05, 0.1) is 6.04 Å². The molecular weight excluding hydrogens is 152 g/mol. The van der Waals surface area contributed by atoms with Crippen LogP contribution in [-0.2, 0) is 4.79 Å². The molecule has 0 aromatic carbocycles. The maximum atomic E-state index is 11.6. The first kappa shape index (κ1) is 9.52. The van der Waals surface area contributed by atoms with Crippen LogP contribution in [0.3, 0.4) is 0 Å². The third-order valence-corrected chi connectivity index (χ3v) is 2.77. The van der Waals surface area contributed by atoms with Gasteiger partial charge in [-0.2, -0.15) is 0 Å². The summed E-state index contributed by atoms with van der Waals surface area (Å²) < 4.78 is 0. The van der Waals surface area contributed by atoms with E-state index >= 15 is 0 Å². The quantitative estimate of drug-likeness (QED) is 0.574. The minimum atomic E-state index is 0.120. The molecule has 0 bridgehead atoms. The maximum Gasteiger partial charge on any atom is 0.239 e. The van der Waals surface area contributed by atoms with Gasteiger partial charge in [0.25, 0.3) is 0 Å². The molecule has 0 aliphatic carbocycles. The smallest absolute Gasteiger partial charge is 0.239 e. The molecule has 0 N–H and O–H groups in total. The zero-order valence-corrected chi connectivity index (χ0v) is 8.37. The van der Waals surface area contributed by atoms with Crippen LogP contribution in [0.1, 0.15) is 19.8 Å².